The summed E-state index contributed by atoms with van der Waals surface area (Å²) in [5, 5.41) is 0.573. The van der Waals surface area contributed by atoms with Gasteiger partial charge in [-0.1, -0.05) is 52.8 Å². The Balaban J connectivity index is 1.68. The fraction of sp³-hybridized carbons (Fsp3) is 0.233. The van der Waals surface area contributed by atoms with Crippen LogP contribution in [0.3, 0.4) is 0 Å². The van der Waals surface area contributed by atoms with Crippen LogP contribution in [-0.2, 0) is 9.53 Å². The van der Waals surface area contributed by atoms with Crippen LogP contribution in [0.4, 0.5) is 0 Å². The first kappa shape index (κ1) is 25.9. The van der Waals surface area contributed by atoms with Crippen LogP contribution in [0.2, 0.25) is 5.02 Å². The number of benzene rings is 2. The van der Waals surface area contributed by atoms with Crippen molar-refractivity contribution in [2.75, 3.05) is 6.61 Å². The van der Waals surface area contributed by atoms with E-state index in [4.69, 9.17) is 16.3 Å². The second-order valence-corrected chi connectivity index (χ2v) is 10.8. The number of halogens is 1. The summed E-state index contributed by atoms with van der Waals surface area (Å²) in [7, 11) is 0. The van der Waals surface area contributed by atoms with Gasteiger partial charge in [0.15, 0.2) is 4.80 Å². The number of aryl methyl sites for hydroxylation is 2. The van der Waals surface area contributed by atoms with E-state index in [0.717, 1.165) is 28.2 Å². The molecule has 2 aromatic heterocycles. The normalized spacial score (nSPS) is 15.4. The van der Waals surface area contributed by atoms with Crippen LogP contribution in [-0.4, -0.2) is 21.7 Å². The third-order valence-corrected chi connectivity index (χ3v) is 7.99. The molecule has 0 N–H and O–H groups in total. The molecule has 6 nitrogen and oxygen atoms in total. The maximum atomic E-state index is 13.9. The number of thiazole rings is 1. The molecule has 0 saturated heterocycles. The zero-order valence-corrected chi connectivity index (χ0v) is 23.5. The summed E-state index contributed by atoms with van der Waals surface area (Å²) in [6.07, 6.45) is 1.92. The zero-order chi connectivity index (χ0) is 27.1. The Morgan fingerprint density at radius 3 is 2.42 bits per heavy atom. The third kappa shape index (κ3) is 4.57. The maximum absolute atomic E-state index is 13.9. The van der Waals surface area contributed by atoms with Crippen molar-refractivity contribution in [1.29, 1.82) is 0 Å². The van der Waals surface area contributed by atoms with Gasteiger partial charge in [0.1, 0.15) is 0 Å². The Hall–Kier alpha value is -3.68. The van der Waals surface area contributed by atoms with E-state index in [0.29, 0.717) is 25.6 Å². The molecule has 0 radical (unpaired) electrons. The monoisotopic (exact) mass is 545 g/mol. The van der Waals surface area contributed by atoms with Crippen LogP contribution in [0, 0.1) is 20.8 Å². The van der Waals surface area contributed by atoms with Crippen LogP contribution < -0.4 is 14.9 Å². The number of rotatable bonds is 5. The highest BCUT2D eigenvalue weighted by molar-refractivity contribution is 7.07. The van der Waals surface area contributed by atoms with Gasteiger partial charge < -0.3 is 9.30 Å². The second-order valence-electron chi connectivity index (χ2n) is 9.35. The van der Waals surface area contributed by atoms with E-state index in [1.807, 2.05) is 18.2 Å². The molecule has 1 aliphatic rings. The lowest BCUT2D eigenvalue weighted by Crippen LogP contribution is -2.39. The highest BCUT2D eigenvalue weighted by Crippen LogP contribution is 2.31. The zero-order valence-electron chi connectivity index (χ0n) is 21.9. The lowest BCUT2D eigenvalue weighted by atomic mass is 9.96. The summed E-state index contributed by atoms with van der Waals surface area (Å²) in [6.45, 7) is 9.94. The Morgan fingerprint density at radius 1 is 1.08 bits per heavy atom. The average Bonchev–Trinajstić information content (AvgIpc) is 3.34. The molecule has 0 aliphatic carbocycles. The summed E-state index contributed by atoms with van der Waals surface area (Å²) >= 11 is 7.46. The molecular formula is C30H28ClN3O3S. The van der Waals surface area contributed by atoms with Gasteiger partial charge in [0.05, 0.1) is 28.5 Å². The van der Waals surface area contributed by atoms with Crippen LogP contribution >= 0.6 is 22.9 Å². The van der Waals surface area contributed by atoms with Gasteiger partial charge in [-0.2, -0.15) is 0 Å². The van der Waals surface area contributed by atoms with Crippen LogP contribution in [0.5, 0.6) is 0 Å². The van der Waals surface area contributed by atoms with E-state index < -0.39 is 12.0 Å². The Morgan fingerprint density at radius 2 is 1.76 bits per heavy atom. The molecule has 0 unspecified atom stereocenters. The SMILES string of the molecule is CCOC(=O)C1=C(C)N=c2s/c(=C/c3cc(C)n(-c4ccc(C)cc4)c3C)c(=O)n2[C@@H]1c1ccc(Cl)cc1. The number of allylic oxidation sites excluding steroid dienone is 1. The number of esters is 1. The van der Waals surface area contributed by atoms with Gasteiger partial charge in [-0.25, -0.2) is 9.79 Å². The molecular weight excluding hydrogens is 518 g/mol. The third-order valence-electron chi connectivity index (χ3n) is 6.75. The smallest absolute Gasteiger partial charge is 0.338 e. The minimum atomic E-state index is -0.662. The van der Waals surface area contributed by atoms with E-state index >= 15 is 0 Å². The maximum Gasteiger partial charge on any atom is 0.338 e. The number of nitrogens with zero attached hydrogens (tertiary/aromatic N) is 3. The molecule has 3 heterocycles. The van der Waals surface area contributed by atoms with Crippen molar-refractivity contribution >= 4 is 35.0 Å². The molecule has 8 heteroatoms. The summed E-state index contributed by atoms with van der Waals surface area (Å²) in [5.41, 5.74) is 6.78. The molecule has 194 valence electrons. The predicted octanol–water partition coefficient (Wildman–Crippen LogP) is 5.17. The average molecular weight is 546 g/mol. The number of carbonyl (C=O) groups is 1. The molecule has 1 aliphatic heterocycles. The number of ether oxygens (including phenoxy) is 1. The minimum absolute atomic E-state index is 0.205. The van der Waals surface area contributed by atoms with Crippen molar-refractivity contribution in [3.8, 4) is 5.69 Å². The van der Waals surface area contributed by atoms with E-state index in [1.165, 1.54) is 16.9 Å². The minimum Gasteiger partial charge on any atom is -0.463 e. The fourth-order valence-corrected chi connectivity index (χ4v) is 6.08. The van der Waals surface area contributed by atoms with Gasteiger partial charge in [-0.05, 0) is 82.2 Å². The molecule has 0 fully saturated rings. The first-order valence-electron chi connectivity index (χ1n) is 12.4. The van der Waals surface area contributed by atoms with E-state index in [9.17, 15) is 9.59 Å². The summed E-state index contributed by atoms with van der Waals surface area (Å²) in [4.78, 5) is 32.1. The summed E-state index contributed by atoms with van der Waals surface area (Å²) in [5.74, 6) is -0.482. The van der Waals surface area contributed by atoms with Gasteiger partial charge in [0.25, 0.3) is 5.56 Å². The quantitative estimate of drug-likeness (QED) is 0.325. The Bertz CT molecular complexity index is 1760. The Labute approximate surface area is 229 Å². The lowest BCUT2D eigenvalue weighted by Gasteiger charge is -2.24. The van der Waals surface area contributed by atoms with Crippen molar-refractivity contribution in [3.63, 3.8) is 0 Å². The number of carbonyl (C=O) groups excluding carboxylic acids is 1. The number of aromatic nitrogens is 2. The predicted molar refractivity (Wildman–Crippen MR) is 152 cm³/mol. The second kappa shape index (κ2) is 10.2. The molecule has 2 aromatic carbocycles. The Kier molecular flexibility index (Phi) is 6.99. The molecule has 0 bridgehead atoms. The topological polar surface area (TPSA) is 65.6 Å². The van der Waals surface area contributed by atoms with E-state index in [-0.39, 0.29) is 12.2 Å². The molecule has 38 heavy (non-hydrogen) atoms. The first-order chi connectivity index (χ1) is 18.2. The lowest BCUT2D eigenvalue weighted by molar-refractivity contribution is -0.139. The fourth-order valence-electron chi connectivity index (χ4n) is 4.92. The van der Waals surface area contributed by atoms with Crippen LogP contribution in [0.25, 0.3) is 11.8 Å². The number of hydrogen-bond acceptors (Lipinski definition) is 5. The molecule has 1 atom stereocenters. The van der Waals surface area contributed by atoms with Crippen molar-refractivity contribution in [3.05, 3.63) is 119 Å². The molecule has 4 aromatic rings. The molecule has 0 spiro atoms. The van der Waals surface area contributed by atoms with Gasteiger partial charge in [-0.3, -0.25) is 9.36 Å². The van der Waals surface area contributed by atoms with Crippen LogP contribution in [0.1, 0.15) is 48.0 Å². The summed E-state index contributed by atoms with van der Waals surface area (Å²) in [6, 6.07) is 17.0. The van der Waals surface area contributed by atoms with E-state index in [2.05, 4.69) is 60.7 Å². The van der Waals surface area contributed by atoms with Crippen molar-refractivity contribution in [2.45, 2.75) is 40.7 Å². The van der Waals surface area contributed by atoms with Gasteiger partial charge in [0.2, 0.25) is 0 Å². The molecule has 5 rings (SSSR count). The van der Waals surface area contributed by atoms with Crippen LogP contribution in [0.15, 0.2) is 75.7 Å². The van der Waals surface area contributed by atoms with Crippen molar-refractivity contribution in [2.24, 2.45) is 4.99 Å². The van der Waals surface area contributed by atoms with Gasteiger partial charge >= 0.3 is 5.97 Å². The standard InChI is InChI=1S/C30H28ClN3O3S/c1-6-37-29(36)26-19(4)32-30-34(27(26)21-9-11-23(31)12-10-21)28(35)25(38-30)16-22-15-18(3)33(20(22)5)24-13-7-17(2)8-14-24/h7-16,27H,6H2,1-5H3/b25-16+/t27-/m1/s1. The highest BCUT2D eigenvalue weighted by atomic mass is 35.5. The van der Waals surface area contributed by atoms with E-state index in [1.54, 1.807) is 30.5 Å². The van der Waals surface area contributed by atoms with Gasteiger partial charge in [0, 0.05) is 22.1 Å². The van der Waals surface area contributed by atoms with Crippen molar-refractivity contribution < 1.29 is 9.53 Å². The number of fused-ring (bicyclic) bond motifs is 1. The summed E-state index contributed by atoms with van der Waals surface area (Å²) < 4.78 is 9.68. The van der Waals surface area contributed by atoms with Gasteiger partial charge in [-0.15, -0.1) is 0 Å². The molecule has 0 saturated carbocycles. The highest BCUT2D eigenvalue weighted by Gasteiger charge is 2.33. The van der Waals surface area contributed by atoms with Crippen molar-refractivity contribution in [1.82, 2.24) is 9.13 Å². The molecule has 0 amide bonds. The first-order valence-corrected chi connectivity index (χ1v) is 13.6. The number of hydrogen-bond donors (Lipinski definition) is 0. The largest absolute Gasteiger partial charge is 0.463 e.